The van der Waals surface area contributed by atoms with Crippen LogP contribution in [-0.2, 0) is 19.0 Å². The molecule has 0 aliphatic heterocycles. The minimum atomic E-state index is -0.0677. The molecule has 0 aliphatic carbocycles. The average molecular weight is 318 g/mol. The summed E-state index contributed by atoms with van der Waals surface area (Å²) in [5, 5.41) is 0. The molecule has 6 heteroatoms. The Kier molecular flexibility index (Phi) is 12.4. The minimum absolute atomic E-state index is 0.0677. The van der Waals surface area contributed by atoms with Crippen LogP contribution in [0, 0.1) is 5.41 Å². The van der Waals surface area contributed by atoms with Gasteiger partial charge in [-0.3, -0.25) is 10.2 Å². The van der Waals surface area contributed by atoms with Gasteiger partial charge >= 0.3 is 0 Å². The van der Waals surface area contributed by atoms with E-state index in [-0.39, 0.29) is 11.9 Å². The Morgan fingerprint density at radius 2 is 1.41 bits per heavy atom. The molecule has 0 unspecified atom stereocenters. The van der Waals surface area contributed by atoms with E-state index in [1.165, 1.54) is 0 Å². The molecule has 22 heavy (non-hydrogen) atoms. The molecule has 0 atom stereocenters. The maximum Gasteiger partial charge on any atom is 0.236 e. The maximum atomic E-state index is 11.4. The number of ether oxygens (including phenoxy) is 3. The molecule has 6 nitrogen and oxygen atoms in total. The van der Waals surface area contributed by atoms with E-state index in [0.717, 1.165) is 13.0 Å². The fourth-order valence-corrected chi connectivity index (χ4v) is 1.37. The van der Waals surface area contributed by atoms with E-state index in [2.05, 4.69) is 31.6 Å². The topological polar surface area (TPSA) is 68.8 Å². The van der Waals surface area contributed by atoms with Gasteiger partial charge in [0, 0.05) is 12.6 Å². The first-order valence-corrected chi connectivity index (χ1v) is 8.09. The number of carbonyl (C=O) groups is 1. The Balaban J connectivity index is 3.19. The van der Waals surface area contributed by atoms with Crippen molar-refractivity contribution in [2.45, 2.75) is 53.5 Å². The van der Waals surface area contributed by atoms with Crippen LogP contribution in [0.25, 0.3) is 0 Å². The van der Waals surface area contributed by atoms with Crippen LogP contribution in [0.3, 0.4) is 0 Å². The molecule has 0 fully saturated rings. The fraction of sp³-hybridized carbons (Fsp3) is 0.938. The van der Waals surface area contributed by atoms with Gasteiger partial charge in [-0.2, -0.15) is 0 Å². The van der Waals surface area contributed by atoms with E-state index in [1.54, 1.807) is 0 Å². The Hall–Kier alpha value is -0.690. The summed E-state index contributed by atoms with van der Waals surface area (Å²) in [5.74, 6) is -0.0677. The number of amides is 1. The lowest BCUT2D eigenvalue weighted by Gasteiger charge is -2.17. The van der Waals surface area contributed by atoms with Crippen LogP contribution in [0.15, 0.2) is 0 Å². The van der Waals surface area contributed by atoms with Gasteiger partial charge in [0.15, 0.2) is 0 Å². The molecule has 0 radical (unpaired) electrons. The first-order chi connectivity index (χ1) is 10.3. The third-order valence-electron chi connectivity index (χ3n) is 2.71. The van der Waals surface area contributed by atoms with Crippen molar-refractivity contribution in [2.24, 2.45) is 5.41 Å². The van der Waals surface area contributed by atoms with Crippen molar-refractivity contribution in [3.8, 4) is 0 Å². The smallest absolute Gasteiger partial charge is 0.236 e. The van der Waals surface area contributed by atoms with Gasteiger partial charge in [0.2, 0.25) is 5.91 Å². The second kappa shape index (κ2) is 12.8. The molecule has 0 heterocycles. The van der Waals surface area contributed by atoms with Gasteiger partial charge in [-0.1, -0.05) is 20.8 Å². The molecule has 0 saturated heterocycles. The number of nitrogens with one attached hydrogen (secondary N) is 2. The van der Waals surface area contributed by atoms with Crippen molar-refractivity contribution in [3.63, 3.8) is 0 Å². The van der Waals surface area contributed by atoms with Crippen molar-refractivity contribution in [1.29, 1.82) is 0 Å². The molecular weight excluding hydrogens is 284 g/mol. The molecule has 0 aliphatic rings. The molecule has 0 aromatic heterocycles. The second-order valence-electron chi connectivity index (χ2n) is 6.74. The minimum Gasteiger partial charge on any atom is -0.379 e. The molecule has 132 valence electrons. The third-order valence-corrected chi connectivity index (χ3v) is 2.71. The van der Waals surface area contributed by atoms with Gasteiger partial charge in [0.05, 0.1) is 39.5 Å². The van der Waals surface area contributed by atoms with Crippen molar-refractivity contribution in [2.75, 3.05) is 39.6 Å². The summed E-state index contributed by atoms with van der Waals surface area (Å²) in [4.78, 5) is 11.4. The summed E-state index contributed by atoms with van der Waals surface area (Å²) < 4.78 is 16.2. The monoisotopic (exact) mass is 318 g/mol. The maximum absolute atomic E-state index is 11.4. The quantitative estimate of drug-likeness (QED) is 0.401. The first kappa shape index (κ1) is 21.3. The van der Waals surface area contributed by atoms with Crippen LogP contribution in [0.5, 0.6) is 0 Å². The van der Waals surface area contributed by atoms with Gasteiger partial charge < -0.3 is 14.2 Å². The van der Waals surface area contributed by atoms with Gasteiger partial charge in [-0.15, -0.1) is 0 Å². The van der Waals surface area contributed by atoms with Crippen LogP contribution < -0.4 is 10.9 Å². The van der Waals surface area contributed by atoms with E-state index >= 15 is 0 Å². The molecular formula is C16H34N2O4. The second-order valence-corrected chi connectivity index (χ2v) is 6.74. The molecule has 0 bridgehead atoms. The van der Waals surface area contributed by atoms with Gasteiger partial charge in [0.1, 0.15) is 0 Å². The number of carbonyl (C=O) groups excluding carboxylic acids is 1. The normalized spacial score (nSPS) is 11.9. The number of hydrogen-bond donors (Lipinski definition) is 2. The van der Waals surface area contributed by atoms with Crippen molar-refractivity contribution < 1.29 is 19.0 Å². The lowest BCUT2D eigenvalue weighted by molar-refractivity contribution is -0.123. The highest BCUT2D eigenvalue weighted by Gasteiger charge is 2.08. The Morgan fingerprint density at radius 3 is 1.91 bits per heavy atom. The zero-order valence-electron chi connectivity index (χ0n) is 14.9. The molecule has 2 N–H and O–H groups in total. The van der Waals surface area contributed by atoms with Gasteiger partial charge in [0.25, 0.3) is 0 Å². The van der Waals surface area contributed by atoms with E-state index in [4.69, 9.17) is 14.2 Å². The summed E-state index contributed by atoms with van der Waals surface area (Å²) in [6.45, 7) is 13.9. The van der Waals surface area contributed by atoms with Gasteiger partial charge in [-0.25, -0.2) is 5.43 Å². The molecule has 0 aromatic carbocycles. The number of hydrogen-bond acceptors (Lipinski definition) is 5. The van der Waals surface area contributed by atoms with Crippen LogP contribution in [0.1, 0.15) is 47.5 Å². The Labute approximate surface area is 135 Å². The first-order valence-electron chi connectivity index (χ1n) is 8.09. The molecule has 0 rings (SSSR count). The van der Waals surface area contributed by atoms with E-state index in [9.17, 15) is 4.79 Å². The van der Waals surface area contributed by atoms with Gasteiger partial charge in [-0.05, 0) is 25.7 Å². The number of rotatable bonds is 13. The average Bonchev–Trinajstić information content (AvgIpc) is 2.41. The molecule has 0 spiro atoms. The number of hydrazine groups is 1. The van der Waals surface area contributed by atoms with E-state index in [1.807, 2.05) is 13.8 Å². The molecule has 0 aromatic rings. The largest absolute Gasteiger partial charge is 0.379 e. The summed E-state index contributed by atoms with van der Waals surface area (Å²) in [6, 6.07) is 0.226. The zero-order chi connectivity index (χ0) is 16.8. The van der Waals surface area contributed by atoms with Crippen molar-refractivity contribution in [3.05, 3.63) is 0 Å². The zero-order valence-corrected chi connectivity index (χ0v) is 14.9. The lowest BCUT2D eigenvalue weighted by atomic mass is 9.93. The van der Waals surface area contributed by atoms with E-state index in [0.29, 0.717) is 44.9 Å². The Bertz CT molecular complexity index is 278. The summed E-state index contributed by atoms with van der Waals surface area (Å²) in [5.41, 5.74) is 5.76. The fourth-order valence-electron chi connectivity index (χ4n) is 1.37. The van der Waals surface area contributed by atoms with Crippen LogP contribution in [0.2, 0.25) is 0 Å². The predicted octanol–water partition coefficient (Wildman–Crippen LogP) is 1.89. The van der Waals surface area contributed by atoms with Crippen LogP contribution >= 0.6 is 0 Å². The summed E-state index contributed by atoms with van der Waals surface area (Å²) in [6.07, 6.45) is 1.39. The molecule has 0 saturated carbocycles. The third kappa shape index (κ3) is 17.4. The van der Waals surface area contributed by atoms with Crippen LogP contribution in [-0.4, -0.2) is 51.6 Å². The summed E-state index contributed by atoms with van der Waals surface area (Å²) in [7, 11) is 0. The molecule has 1 amide bonds. The highest BCUT2D eigenvalue weighted by Crippen LogP contribution is 2.17. The lowest BCUT2D eigenvalue weighted by Crippen LogP contribution is -2.41. The SMILES string of the molecule is CC(C)NNC(=O)CCOCCOCCOCCC(C)(C)C. The predicted molar refractivity (Wildman–Crippen MR) is 87.6 cm³/mol. The highest BCUT2D eigenvalue weighted by atomic mass is 16.5. The Morgan fingerprint density at radius 1 is 0.909 bits per heavy atom. The summed E-state index contributed by atoms with van der Waals surface area (Å²) >= 11 is 0. The van der Waals surface area contributed by atoms with Crippen molar-refractivity contribution in [1.82, 2.24) is 10.9 Å². The standard InChI is InChI=1S/C16H34N2O4/c1-14(2)17-18-15(19)6-8-20-10-12-22-13-11-21-9-7-16(3,4)5/h14,17H,6-13H2,1-5H3,(H,18,19). The van der Waals surface area contributed by atoms with Crippen molar-refractivity contribution >= 4 is 5.91 Å². The highest BCUT2D eigenvalue weighted by molar-refractivity contribution is 5.75. The van der Waals surface area contributed by atoms with E-state index < -0.39 is 0 Å². The van der Waals surface area contributed by atoms with Crippen LogP contribution in [0.4, 0.5) is 0 Å².